The number of amides is 2. The zero-order valence-corrected chi connectivity index (χ0v) is 20.9. The lowest BCUT2D eigenvalue weighted by atomic mass is 10.3. The largest absolute Gasteiger partial charge is 0.442 e. The van der Waals surface area contributed by atoms with E-state index >= 15 is 0 Å². The molecule has 0 spiro atoms. The van der Waals surface area contributed by atoms with Crippen molar-refractivity contribution in [2.45, 2.75) is 0 Å². The minimum atomic E-state index is -0.404. The second-order valence-electron chi connectivity index (χ2n) is 7.97. The van der Waals surface area contributed by atoms with Gasteiger partial charge in [-0.25, -0.2) is 24.9 Å². The standard InChI is InChI=1S/C23H17BrN8O6/c24-11-5-12-20-31-16(9-37-20)22-29-14(7-35-22)18(33)26-3-1-25-2-4-27-19(34)15-8-36-23(30-15)17-10-38-21(32-17)13(6-11)28-12/h5-10,25H,1-4H2,(H,26,33)(H,27,34). The first-order chi connectivity index (χ1) is 18.5. The summed E-state index contributed by atoms with van der Waals surface area (Å²) in [5.41, 5.74) is 1.53. The molecule has 1 aliphatic heterocycles. The Morgan fingerprint density at radius 3 is 1.42 bits per heavy atom. The van der Waals surface area contributed by atoms with E-state index in [-0.39, 0.29) is 35.0 Å². The molecule has 1 aliphatic rings. The first-order valence-corrected chi connectivity index (χ1v) is 12.1. The van der Waals surface area contributed by atoms with Crippen molar-refractivity contribution in [1.29, 1.82) is 0 Å². The van der Waals surface area contributed by atoms with Crippen LogP contribution in [0.3, 0.4) is 0 Å². The van der Waals surface area contributed by atoms with Crippen molar-refractivity contribution in [1.82, 2.24) is 40.9 Å². The van der Waals surface area contributed by atoms with E-state index in [1.165, 1.54) is 25.1 Å². The Hall–Kier alpha value is -4.63. The number of oxazole rings is 4. The molecular weight excluding hydrogens is 564 g/mol. The molecule has 15 heteroatoms. The zero-order valence-electron chi connectivity index (χ0n) is 19.4. The lowest BCUT2D eigenvalue weighted by molar-refractivity contribution is 0.0943. The average molecular weight is 581 g/mol. The Kier molecular flexibility index (Phi) is 6.27. The van der Waals surface area contributed by atoms with Gasteiger partial charge >= 0.3 is 0 Å². The number of hydrogen-bond donors (Lipinski definition) is 3. The fourth-order valence-corrected chi connectivity index (χ4v) is 3.96. The number of nitrogens with one attached hydrogen (secondary N) is 3. The summed E-state index contributed by atoms with van der Waals surface area (Å²) in [7, 11) is 0. The minimum absolute atomic E-state index is 0.0980. The lowest BCUT2D eigenvalue weighted by Gasteiger charge is -2.06. The predicted octanol–water partition coefficient (Wildman–Crippen LogP) is 2.53. The SMILES string of the molecule is O=C1NCCNCCNC(=O)c2coc(n2)-c2coc(n2)-c2cc(Br)cc(n2)-c2nc(co2)-c2nc1co2. The van der Waals surface area contributed by atoms with Gasteiger partial charge in [0.05, 0.1) is 0 Å². The maximum absolute atomic E-state index is 12.4. The molecule has 0 atom stereocenters. The fourth-order valence-electron chi connectivity index (χ4n) is 3.52. The van der Waals surface area contributed by atoms with Crippen LogP contribution in [-0.4, -0.2) is 62.9 Å². The van der Waals surface area contributed by atoms with Crippen molar-refractivity contribution in [3.05, 3.63) is 53.0 Å². The molecule has 5 aromatic rings. The van der Waals surface area contributed by atoms with Crippen LogP contribution >= 0.6 is 15.9 Å². The van der Waals surface area contributed by atoms with E-state index in [4.69, 9.17) is 17.7 Å². The third-order valence-corrected chi connectivity index (χ3v) is 5.78. The van der Waals surface area contributed by atoms with E-state index in [0.29, 0.717) is 53.4 Å². The Labute approximate surface area is 221 Å². The Balaban J connectivity index is 1.34. The third-order valence-electron chi connectivity index (χ3n) is 5.32. The molecule has 192 valence electrons. The van der Waals surface area contributed by atoms with E-state index in [2.05, 4.69) is 56.8 Å². The van der Waals surface area contributed by atoms with Crippen molar-refractivity contribution in [3.63, 3.8) is 0 Å². The van der Waals surface area contributed by atoms with E-state index in [0.717, 1.165) is 0 Å². The molecule has 0 fully saturated rings. The number of pyridine rings is 1. The first kappa shape index (κ1) is 23.7. The summed E-state index contributed by atoms with van der Waals surface area (Å²) in [6, 6.07) is 3.41. The van der Waals surface area contributed by atoms with Crippen LogP contribution in [0, 0.1) is 0 Å². The highest BCUT2D eigenvalue weighted by Gasteiger charge is 2.21. The van der Waals surface area contributed by atoms with Crippen molar-refractivity contribution < 1.29 is 27.3 Å². The highest BCUT2D eigenvalue weighted by Crippen LogP contribution is 2.30. The van der Waals surface area contributed by atoms with Crippen LogP contribution in [0.1, 0.15) is 21.0 Å². The molecule has 2 amide bonds. The van der Waals surface area contributed by atoms with Gasteiger partial charge < -0.3 is 33.6 Å². The minimum Gasteiger partial charge on any atom is -0.442 e. The summed E-state index contributed by atoms with van der Waals surface area (Å²) in [5, 5.41) is 8.60. The van der Waals surface area contributed by atoms with Gasteiger partial charge in [0.15, 0.2) is 22.8 Å². The summed E-state index contributed by atoms with van der Waals surface area (Å²) in [4.78, 5) is 46.6. The molecule has 0 aromatic carbocycles. The zero-order chi connectivity index (χ0) is 26.1. The molecule has 14 nitrogen and oxygen atoms in total. The van der Waals surface area contributed by atoms with Gasteiger partial charge in [-0.2, -0.15) is 0 Å². The second kappa shape index (κ2) is 10.0. The summed E-state index contributed by atoms with van der Waals surface area (Å²) < 4.78 is 22.7. The average Bonchev–Trinajstić information content (AvgIpc) is 3.72. The van der Waals surface area contributed by atoms with Crippen molar-refractivity contribution in [2.24, 2.45) is 0 Å². The summed E-state index contributed by atoms with van der Waals surface area (Å²) in [6.45, 7) is 1.63. The molecule has 0 unspecified atom stereocenters. The predicted molar refractivity (Wildman–Crippen MR) is 131 cm³/mol. The molecule has 0 saturated carbocycles. The Morgan fingerprint density at radius 2 is 0.947 bits per heavy atom. The molecule has 10 bridgehead atoms. The number of nitrogens with zero attached hydrogens (tertiary/aromatic N) is 5. The number of fused-ring (bicyclic) bond motifs is 14. The molecule has 0 saturated heterocycles. The van der Waals surface area contributed by atoms with Crippen LogP contribution in [0.25, 0.3) is 46.3 Å². The molecule has 0 aliphatic carbocycles. The summed E-state index contributed by atoms with van der Waals surface area (Å²) >= 11 is 3.46. The van der Waals surface area contributed by atoms with Gasteiger partial charge in [0.1, 0.15) is 36.4 Å². The number of carbonyl (C=O) groups is 2. The lowest BCUT2D eigenvalue weighted by Crippen LogP contribution is -2.36. The number of carbonyl (C=O) groups excluding carboxylic acids is 2. The van der Waals surface area contributed by atoms with Gasteiger partial charge in [-0.1, -0.05) is 15.9 Å². The van der Waals surface area contributed by atoms with Crippen molar-refractivity contribution >= 4 is 27.7 Å². The van der Waals surface area contributed by atoms with Crippen LogP contribution in [0.15, 0.2) is 59.3 Å². The van der Waals surface area contributed by atoms with Gasteiger partial charge in [0, 0.05) is 30.7 Å². The number of hydrogen-bond acceptors (Lipinski definition) is 12. The smallest absolute Gasteiger partial charge is 0.273 e. The normalized spacial score (nSPS) is 14.4. The first-order valence-electron chi connectivity index (χ1n) is 11.3. The van der Waals surface area contributed by atoms with Gasteiger partial charge in [0.25, 0.3) is 11.8 Å². The highest BCUT2D eigenvalue weighted by molar-refractivity contribution is 9.10. The number of halogens is 1. The molecule has 6 rings (SSSR count). The maximum atomic E-state index is 12.4. The summed E-state index contributed by atoms with van der Waals surface area (Å²) in [5.74, 6) is -0.208. The Morgan fingerprint density at radius 1 is 0.553 bits per heavy atom. The number of aromatic nitrogens is 5. The van der Waals surface area contributed by atoms with Gasteiger partial charge in [0.2, 0.25) is 23.6 Å². The Bertz CT molecular complexity index is 1520. The van der Waals surface area contributed by atoms with Crippen LogP contribution < -0.4 is 16.0 Å². The van der Waals surface area contributed by atoms with Gasteiger partial charge in [-0.15, -0.1) is 0 Å². The van der Waals surface area contributed by atoms with Gasteiger partial charge in [-0.3, -0.25) is 9.59 Å². The second-order valence-corrected chi connectivity index (χ2v) is 8.88. The van der Waals surface area contributed by atoms with E-state index in [1.807, 2.05) is 0 Å². The summed E-state index contributed by atoms with van der Waals surface area (Å²) in [6.07, 6.45) is 5.20. The highest BCUT2D eigenvalue weighted by atomic mass is 79.9. The van der Waals surface area contributed by atoms with Gasteiger partial charge in [-0.05, 0) is 12.1 Å². The van der Waals surface area contributed by atoms with Crippen LogP contribution in [-0.2, 0) is 0 Å². The molecule has 5 aromatic heterocycles. The van der Waals surface area contributed by atoms with Crippen LogP contribution in [0.2, 0.25) is 0 Å². The topological polar surface area (TPSA) is 187 Å². The maximum Gasteiger partial charge on any atom is 0.273 e. The molecule has 0 radical (unpaired) electrons. The van der Waals surface area contributed by atoms with E-state index in [9.17, 15) is 9.59 Å². The van der Waals surface area contributed by atoms with E-state index < -0.39 is 11.8 Å². The quantitative estimate of drug-likeness (QED) is 0.243. The molecule has 6 heterocycles. The third kappa shape index (κ3) is 4.83. The van der Waals surface area contributed by atoms with Crippen LogP contribution in [0.4, 0.5) is 0 Å². The van der Waals surface area contributed by atoms with Crippen LogP contribution in [0.5, 0.6) is 0 Å². The molecule has 3 N–H and O–H groups in total. The molecular formula is C23H17BrN8O6. The van der Waals surface area contributed by atoms with Crippen molar-refractivity contribution in [2.75, 3.05) is 26.2 Å². The number of rotatable bonds is 0. The monoisotopic (exact) mass is 580 g/mol. The van der Waals surface area contributed by atoms with E-state index in [1.54, 1.807) is 12.1 Å². The molecule has 38 heavy (non-hydrogen) atoms. The fraction of sp³-hybridized carbons (Fsp3) is 0.174. The van der Waals surface area contributed by atoms with Crippen molar-refractivity contribution in [3.8, 4) is 46.3 Å².